The molecule has 1 fully saturated rings. The maximum Gasteiger partial charge on any atom is 0.351 e. The molecule has 0 spiro atoms. The normalized spacial score (nSPS) is 30.2. The molecule has 2 rings (SSSR count). The highest BCUT2D eigenvalue weighted by Crippen LogP contribution is 2.35. The quantitative estimate of drug-likeness (QED) is 0.641. The third-order valence-corrected chi connectivity index (χ3v) is 3.59. The van der Waals surface area contributed by atoms with Crippen molar-refractivity contribution in [3.05, 3.63) is 21.2 Å². The monoisotopic (exact) mass is 330 g/mol. The maximum atomic E-state index is 11.7. The molecule has 102 valence electrons. The molecule has 4 N–H and O–H groups in total. The van der Waals surface area contributed by atoms with Crippen LogP contribution >= 0.6 is 15.9 Å². The molecular formula is C10H11BrN4O4. The Labute approximate surface area is 116 Å². The fourth-order valence-corrected chi connectivity index (χ4v) is 2.17. The summed E-state index contributed by atoms with van der Waals surface area (Å²) in [5.41, 5.74) is 3.08. The van der Waals surface area contributed by atoms with Gasteiger partial charge in [0, 0.05) is 12.6 Å². The first-order chi connectivity index (χ1) is 8.93. The van der Waals surface area contributed by atoms with E-state index in [-0.39, 0.29) is 12.2 Å². The molecule has 0 bridgehead atoms. The van der Waals surface area contributed by atoms with E-state index in [1.807, 2.05) is 0 Å². The van der Waals surface area contributed by atoms with Crippen molar-refractivity contribution in [3.8, 4) is 6.07 Å². The van der Waals surface area contributed by atoms with Crippen LogP contribution in [0.5, 0.6) is 0 Å². The molecule has 19 heavy (non-hydrogen) atoms. The predicted molar refractivity (Wildman–Crippen MR) is 66.8 cm³/mol. The Kier molecular flexibility index (Phi) is 3.60. The Morgan fingerprint density at radius 3 is 3.00 bits per heavy atom. The number of aromatic nitrogens is 2. The zero-order valence-corrected chi connectivity index (χ0v) is 11.2. The molecule has 1 saturated heterocycles. The van der Waals surface area contributed by atoms with E-state index < -0.39 is 30.2 Å². The van der Waals surface area contributed by atoms with Gasteiger partial charge in [-0.25, -0.2) is 4.79 Å². The van der Waals surface area contributed by atoms with Crippen LogP contribution in [-0.4, -0.2) is 38.1 Å². The van der Waals surface area contributed by atoms with Gasteiger partial charge in [0.1, 0.15) is 24.2 Å². The minimum absolute atomic E-state index is 0.00787. The van der Waals surface area contributed by atoms with Crippen LogP contribution in [0.4, 0.5) is 5.82 Å². The number of nitrogens with two attached hydrogens (primary N) is 1. The van der Waals surface area contributed by atoms with E-state index in [9.17, 15) is 15.0 Å². The number of anilines is 1. The van der Waals surface area contributed by atoms with E-state index >= 15 is 0 Å². The van der Waals surface area contributed by atoms with Crippen molar-refractivity contribution in [2.24, 2.45) is 0 Å². The first-order valence-electron chi connectivity index (χ1n) is 5.35. The molecule has 0 amide bonds. The van der Waals surface area contributed by atoms with Crippen LogP contribution in [0.15, 0.2) is 15.5 Å². The summed E-state index contributed by atoms with van der Waals surface area (Å²) in [4.78, 5) is 15.3. The van der Waals surface area contributed by atoms with Crippen LogP contribution in [0.3, 0.4) is 0 Å². The lowest BCUT2D eigenvalue weighted by atomic mass is 10.00. The number of nitrogen functional groups attached to an aromatic ring is 1. The van der Waals surface area contributed by atoms with E-state index in [1.165, 1.54) is 6.20 Å². The highest BCUT2D eigenvalue weighted by molar-refractivity contribution is 9.10. The van der Waals surface area contributed by atoms with Crippen molar-refractivity contribution < 1.29 is 14.9 Å². The minimum Gasteiger partial charge on any atom is -0.392 e. The summed E-state index contributed by atoms with van der Waals surface area (Å²) in [5.74, 6) is 0.0356. The fraction of sp³-hybridized carbons (Fsp3) is 0.500. The Hall–Kier alpha value is -1.47. The first-order valence-corrected chi connectivity index (χ1v) is 6.15. The first kappa shape index (κ1) is 14.0. The number of hydrogen-bond acceptors (Lipinski definition) is 7. The average Bonchev–Trinajstić information content (AvgIpc) is 2.71. The van der Waals surface area contributed by atoms with Crippen molar-refractivity contribution >= 4 is 21.7 Å². The van der Waals surface area contributed by atoms with Crippen molar-refractivity contribution in [1.82, 2.24) is 9.55 Å². The minimum atomic E-state index is -1.72. The number of hydrogen-bond donors (Lipinski definition) is 3. The van der Waals surface area contributed by atoms with Gasteiger partial charge >= 0.3 is 5.69 Å². The molecule has 1 aliphatic heterocycles. The predicted octanol–water partition coefficient (Wildman–Crippen LogP) is -0.878. The molecule has 0 aromatic carbocycles. The lowest BCUT2D eigenvalue weighted by Gasteiger charge is -2.21. The highest BCUT2D eigenvalue weighted by Gasteiger charge is 2.49. The van der Waals surface area contributed by atoms with E-state index in [2.05, 4.69) is 20.9 Å². The molecule has 9 heteroatoms. The van der Waals surface area contributed by atoms with Crippen molar-refractivity contribution in [1.29, 1.82) is 5.26 Å². The third-order valence-electron chi connectivity index (χ3n) is 2.98. The molecule has 0 radical (unpaired) electrons. The summed E-state index contributed by atoms with van der Waals surface area (Å²) in [6, 6.07) is 1.73. The Balaban J connectivity index is 2.39. The van der Waals surface area contributed by atoms with Gasteiger partial charge < -0.3 is 20.7 Å². The van der Waals surface area contributed by atoms with Crippen LogP contribution in [-0.2, 0) is 4.74 Å². The molecule has 3 atom stereocenters. The van der Waals surface area contributed by atoms with Gasteiger partial charge in [-0.3, -0.25) is 4.57 Å². The zero-order chi connectivity index (χ0) is 14.2. The van der Waals surface area contributed by atoms with Gasteiger partial charge in [-0.2, -0.15) is 10.2 Å². The summed E-state index contributed by atoms with van der Waals surface area (Å²) >= 11 is 3.13. The number of ether oxygens (including phenoxy) is 1. The average molecular weight is 331 g/mol. The Morgan fingerprint density at radius 1 is 1.79 bits per heavy atom. The maximum absolute atomic E-state index is 11.7. The SMILES string of the molecule is N#C[C@]1(CO)O[C@@H](n2cc(Br)c(N)nc2=O)C[C@@H]1O. The molecule has 1 aliphatic rings. The lowest BCUT2D eigenvalue weighted by Crippen LogP contribution is -2.41. The number of nitrogens with zero attached hydrogens (tertiary/aromatic N) is 3. The van der Waals surface area contributed by atoms with Crippen molar-refractivity contribution in [2.75, 3.05) is 12.3 Å². The highest BCUT2D eigenvalue weighted by atomic mass is 79.9. The number of aliphatic hydroxyl groups excluding tert-OH is 2. The Bertz CT molecular complexity index is 598. The smallest absolute Gasteiger partial charge is 0.351 e. The van der Waals surface area contributed by atoms with Crippen LogP contribution < -0.4 is 11.4 Å². The number of rotatable bonds is 2. The lowest BCUT2D eigenvalue weighted by molar-refractivity contribution is -0.0925. The molecule has 8 nitrogen and oxygen atoms in total. The summed E-state index contributed by atoms with van der Waals surface area (Å²) in [5, 5.41) is 28.0. The zero-order valence-electron chi connectivity index (χ0n) is 9.65. The summed E-state index contributed by atoms with van der Waals surface area (Å²) in [6.45, 7) is -0.667. The van der Waals surface area contributed by atoms with Gasteiger partial charge in [0.25, 0.3) is 0 Å². The number of halogens is 1. The fourth-order valence-electron chi connectivity index (χ4n) is 1.86. The molecule has 0 unspecified atom stereocenters. The largest absolute Gasteiger partial charge is 0.392 e. The summed E-state index contributed by atoms with van der Waals surface area (Å²) in [7, 11) is 0. The van der Waals surface area contributed by atoms with Crippen LogP contribution in [0.25, 0.3) is 0 Å². The number of aliphatic hydroxyl groups is 2. The van der Waals surface area contributed by atoms with Gasteiger partial charge in [0.05, 0.1) is 11.1 Å². The van der Waals surface area contributed by atoms with E-state index in [0.29, 0.717) is 4.47 Å². The van der Waals surface area contributed by atoms with Crippen molar-refractivity contribution in [3.63, 3.8) is 0 Å². The van der Waals surface area contributed by atoms with Crippen LogP contribution in [0, 0.1) is 11.3 Å². The van der Waals surface area contributed by atoms with Crippen LogP contribution in [0.2, 0.25) is 0 Å². The van der Waals surface area contributed by atoms with Gasteiger partial charge in [-0.1, -0.05) is 0 Å². The standard InChI is InChI=1S/C10H11BrN4O4/c11-5-2-15(9(18)14-8(5)13)7-1-6(17)10(3-12,4-16)19-7/h2,6-7,16-17H,1,4H2,(H2,13,14,18)/t6-,7+,10+/m0/s1. The molecule has 2 heterocycles. The van der Waals surface area contributed by atoms with Crippen LogP contribution in [0.1, 0.15) is 12.6 Å². The molecular weight excluding hydrogens is 320 g/mol. The second-order valence-electron chi connectivity index (χ2n) is 4.15. The summed E-state index contributed by atoms with van der Waals surface area (Å²) < 4.78 is 6.82. The van der Waals surface area contributed by atoms with E-state index in [0.717, 1.165) is 4.57 Å². The van der Waals surface area contributed by atoms with E-state index in [1.54, 1.807) is 6.07 Å². The van der Waals surface area contributed by atoms with Gasteiger partial charge in [0.15, 0.2) is 0 Å². The summed E-state index contributed by atoms with van der Waals surface area (Å²) in [6.07, 6.45) is -0.728. The molecule has 1 aromatic heterocycles. The second kappa shape index (κ2) is 4.90. The van der Waals surface area contributed by atoms with Gasteiger partial charge in [-0.15, -0.1) is 0 Å². The molecule has 0 saturated carbocycles. The van der Waals surface area contributed by atoms with Gasteiger partial charge in [0.2, 0.25) is 5.60 Å². The second-order valence-corrected chi connectivity index (χ2v) is 5.00. The van der Waals surface area contributed by atoms with Crippen molar-refractivity contribution in [2.45, 2.75) is 24.4 Å². The number of nitriles is 1. The van der Waals surface area contributed by atoms with E-state index in [4.69, 9.17) is 15.7 Å². The van der Waals surface area contributed by atoms with Gasteiger partial charge in [-0.05, 0) is 15.9 Å². The molecule has 1 aromatic rings. The Morgan fingerprint density at radius 2 is 2.47 bits per heavy atom. The molecule has 0 aliphatic carbocycles. The topological polar surface area (TPSA) is 134 Å². The third kappa shape index (κ3) is 2.23.